The number of hydrogen-bond acceptors (Lipinski definition) is 3. The predicted molar refractivity (Wildman–Crippen MR) is 71.0 cm³/mol. The van der Waals surface area contributed by atoms with Gasteiger partial charge in [-0.25, -0.2) is 4.79 Å². The molecule has 4 nitrogen and oxygen atoms in total. The summed E-state index contributed by atoms with van der Waals surface area (Å²) in [4.78, 5) is 11.5. The molecule has 1 fully saturated rings. The molecule has 1 saturated heterocycles. The Kier molecular flexibility index (Phi) is 4.59. The maximum Gasteiger partial charge on any atom is 0.430 e. The molecule has 0 spiro atoms. The molecule has 1 aromatic carbocycles. The Balaban J connectivity index is 1.90. The lowest BCUT2D eigenvalue weighted by molar-refractivity contribution is 0.129. The summed E-state index contributed by atoms with van der Waals surface area (Å²) in [6.45, 7) is 0.499. The summed E-state index contributed by atoms with van der Waals surface area (Å²) >= 11 is 5.61. The van der Waals surface area contributed by atoms with Crippen LogP contribution in [0.5, 0.6) is 0 Å². The van der Waals surface area contributed by atoms with Crippen LogP contribution in [0.1, 0.15) is 18.4 Å². The van der Waals surface area contributed by atoms with Gasteiger partial charge in [0, 0.05) is 5.88 Å². The molecular formula is C13H15ClN2O2. The molecule has 1 aliphatic rings. The van der Waals surface area contributed by atoms with Crippen molar-refractivity contribution >= 4 is 23.9 Å². The Morgan fingerprint density at radius 2 is 2.22 bits per heavy atom. The topological polar surface area (TPSA) is 41.9 Å². The van der Waals surface area contributed by atoms with Gasteiger partial charge in [0.15, 0.2) is 0 Å². The molecule has 0 radical (unpaired) electrons. The number of hydrazone groups is 1. The van der Waals surface area contributed by atoms with E-state index in [2.05, 4.69) is 5.10 Å². The molecular weight excluding hydrogens is 252 g/mol. The van der Waals surface area contributed by atoms with E-state index in [0.717, 1.165) is 18.4 Å². The number of carbonyl (C=O) groups is 1. The van der Waals surface area contributed by atoms with E-state index >= 15 is 0 Å². The molecule has 0 aliphatic carbocycles. The Labute approximate surface area is 111 Å². The minimum atomic E-state index is -0.387. The lowest BCUT2D eigenvalue weighted by Gasteiger charge is -2.05. The first-order valence-electron chi connectivity index (χ1n) is 5.93. The normalized spacial score (nSPS) is 19.5. The summed E-state index contributed by atoms with van der Waals surface area (Å²) in [5.41, 5.74) is 0.953. The minimum Gasteiger partial charge on any atom is -0.443 e. The molecule has 96 valence electrons. The summed E-state index contributed by atoms with van der Waals surface area (Å²) in [6, 6.07) is 9.63. The average molecular weight is 267 g/mol. The van der Waals surface area contributed by atoms with Crippen LogP contribution in [0.25, 0.3) is 0 Å². The number of rotatable bonds is 5. The van der Waals surface area contributed by atoms with Crippen molar-refractivity contribution in [2.45, 2.75) is 18.9 Å². The van der Waals surface area contributed by atoms with Gasteiger partial charge in [-0.2, -0.15) is 10.1 Å². The third-order valence-electron chi connectivity index (χ3n) is 2.66. The van der Waals surface area contributed by atoms with E-state index in [1.54, 1.807) is 6.21 Å². The molecule has 1 unspecified atom stereocenters. The van der Waals surface area contributed by atoms with E-state index in [0.29, 0.717) is 12.4 Å². The molecule has 1 amide bonds. The summed E-state index contributed by atoms with van der Waals surface area (Å²) in [6.07, 6.45) is 2.80. The maximum absolute atomic E-state index is 11.5. The third-order valence-corrected chi connectivity index (χ3v) is 2.93. The van der Waals surface area contributed by atoms with Gasteiger partial charge in [-0.3, -0.25) is 0 Å². The molecule has 5 heteroatoms. The molecule has 1 aliphatic heterocycles. The zero-order chi connectivity index (χ0) is 12.8. The zero-order valence-electron chi connectivity index (χ0n) is 9.96. The van der Waals surface area contributed by atoms with Gasteiger partial charge in [-0.15, -0.1) is 11.6 Å². The van der Waals surface area contributed by atoms with Crippen LogP contribution < -0.4 is 0 Å². The first-order chi connectivity index (χ1) is 8.79. The largest absolute Gasteiger partial charge is 0.443 e. The Morgan fingerprint density at radius 1 is 1.44 bits per heavy atom. The second-order valence-electron chi connectivity index (χ2n) is 4.07. The lowest BCUT2D eigenvalue weighted by Crippen LogP contribution is -2.19. The van der Waals surface area contributed by atoms with Gasteiger partial charge in [0.2, 0.25) is 0 Å². The van der Waals surface area contributed by atoms with Gasteiger partial charge in [-0.1, -0.05) is 30.3 Å². The van der Waals surface area contributed by atoms with E-state index < -0.39 is 0 Å². The van der Waals surface area contributed by atoms with Crippen molar-refractivity contribution in [3.05, 3.63) is 35.9 Å². The summed E-state index contributed by atoms with van der Waals surface area (Å²) in [5.74, 6) is 0.585. The van der Waals surface area contributed by atoms with Crippen molar-refractivity contribution in [1.82, 2.24) is 5.01 Å². The molecule has 0 aromatic heterocycles. The number of halogens is 1. The fraction of sp³-hybridized carbons (Fsp3) is 0.385. The number of ether oxygens (including phenoxy) is 1. The third kappa shape index (κ3) is 3.47. The van der Waals surface area contributed by atoms with Crippen molar-refractivity contribution in [2.75, 3.05) is 12.4 Å². The quantitative estimate of drug-likeness (QED) is 0.607. The van der Waals surface area contributed by atoms with Crippen LogP contribution in [0.3, 0.4) is 0 Å². The monoisotopic (exact) mass is 266 g/mol. The fourth-order valence-electron chi connectivity index (χ4n) is 1.73. The summed E-state index contributed by atoms with van der Waals surface area (Å²) in [5, 5.41) is 5.49. The average Bonchev–Trinajstić information content (AvgIpc) is 2.76. The fourth-order valence-corrected chi connectivity index (χ4v) is 1.89. The van der Waals surface area contributed by atoms with Crippen LogP contribution in [-0.4, -0.2) is 35.8 Å². The van der Waals surface area contributed by atoms with Gasteiger partial charge >= 0.3 is 6.09 Å². The number of alkyl halides is 1. The van der Waals surface area contributed by atoms with Crippen molar-refractivity contribution in [3.63, 3.8) is 0 Å². The van der Waals surface area contributed by atoms with Gasteiger partial charge in [0.1, 0.15) is 6.10 Å². The van der Waals surface area contributed by atoms with E-state index in [1.807, 2.05) is 30.3 Å². The number of nitrogens with zero attached hydrogens (tertiary/aromatic N) is 2. The van der Waals surface area contributed by atoms with Crippen LogP contribution in [0, 0.1) is 0 Å². The van der Waals surface area contributed by atoms with Crippen LogP contribution in [0.4, 0.5) is 4.79 Å². The molecule has 0 saturated carbocycles. The molecule has 1 heterocycles. The van der Waals surface area contributed by atoms with Gasteiger partial charge < -0.3 is 4.74 Å². The number of hydrogen-bond donors (Lipinski definition) is 0. The molecule has 0 bridgehead atoms. The lowest BCUT2D eigenvalue weighted by atomic mass is 10.2. The zero-order valence-corrected chi connectivity index (χ0v) is 10.7. The maximum atomic E-state index is 11.5. The number of amides is 1. The molecule has 1 atom stereocenters. The Morgan fingerprint density at radius 3 is 2.94 bits per heavy atom. The first-order valence-corrected chi connectivity index (χ1v) is 6.46. The van der Waals surface area contributed by atoms with Gasteiger partial charge in [-0.05, 0) is 18.4 Å². The van der Waals surface area contributed by atoms with Crippen molar-refractivity contribution < 1.29 is 9.53 Å². The Hall–Kier alpha value is -1.55. The van der Waals surface area contributed by atoms with E-state index in [1.165, 1.54) is 5.01 Å². The van der Waals surface area contributed by atoms with E-state index in [-0.39, 0.29) is 12.2 Å². The molecule has 0 N–H and O–H groups in total. The first kappa shape index (κ1) is 12.9. The highest BCUT2D eigenvalue weighted by Crippen LogP contribution is 2.16. The number of benzene rings is 1. The summed E-state index contributed by atoms with van der Waals surface area (Å²) < 4.78 is 5.18. The number of carbonyl (C=O) groups excluding carboxylic acids is 1. The summed E-state index contributed by atoms with van der Waals surface area (Å²) in [7, 11) is 0. The highest BCUT2D eigenvalue weighted by Gasteiger charge is 2.30. The van der Waals surface area contributed by atoms with Crippen LogP contribution in [0.15, 0.2) is 35.4 Å². The van der Waals surface area contributed by atoms with Crippen molar-refractivity contribution in [2.24, 2.45) is 5.10 Å². The molecule has 18 heavy (non-hydrogen) atoms. The van der Waals surface area contributed by atoms with Gasteiger partial charge in [0.05, 0.1) is 12.8 Å². The van der Waals surface area contributed by atoms with Gasteiger partial charge in [0.25, 0.3) is 0 Å². The Bertz CT molecular complexity index is 422. The van der Waals surface area contributed by atoms with Crippen LogP contribution in [-0.2, 0) is 4.74 Å². The highest BCUT2D eigenvalue weighted by atomic mass is 35.5. The minimum absolute atomic E-state index is 0.0934. The van der Waals surface area contributed by atoms with Crippen molar-refractivity contribution in [1.29, 1.82) is 0 Å². The second-order valence-corrected chi connectivity index (χ2v) is 4.45. The molecule has 2 rings (SSSR count). The standard InChI is InChI=1S/C13H15ClN2O2/c14-8-4-7-12-10-16(13(17)18-12)15-9-11-5-2-1-3-6-11/h1-3,5-6,9,12H,4,7-8,10H2. The van der Waals surface area contributed by atoms with Crippen LogP contribution >= 0.6 is 11.6 Å². The SMILES string of the molecule is O=C1OC(CCCCl)CN1N=Cc1ccccc1. The highest BCUT2D eigenvalue weighted by molar-refractivity contribution is 6.17. The van der Waals surface area contributed by atoms with Crippen LogP contribution in [0.2, 0.25) is 0 Å². The van der Waals surface area contributed by atoms with E-state index in [4.69, 9.17) is 16.3 Å². The predicted octanol–water partition coefficient (Wildman–Crippen LogP) is 2.86. The second kappa shape index (κ2) is 6.40. The molecule has 1 aromatic rings. The van der Waals surface area contributed by atoms with E-state index in [9.17, 15) is 4.79 Å². The smallest absolute Gasteiger partial charge is 0.430 e. The number of cyclic esters (lactones) is 1. The van der Waals surface area contributed by atoms with Crippen molar-refractivity contribution in [3.8, 4) is 0 Å².